The number of nitrogens with one attached hydrogen (secondary N) is 1. The van der Waals surface area contributed by atoms with Crippen molar-refractivity contribution in [2.75, 3.05) is 40.3 Å². The highest BCUT2D eigenvalue weighted by molar-refractivity contribution is 7.89. The fraction of sp³-hybridized carbons (Fsp3) is 0.474. The third-order valence-electron chi connectivity index (χ3n) is 5.28. The van der Waals surface area contributed by atoms with Crippen LogP contribution in [0.5, 0.6) is 0 Å². The summed E-state index contributed by atoms with van der Waals surface area (Å²) in [7, 11) is -4.41. The molecule has 31 heavy (non-hydrogen) atoms. The predicted octanol–water partition coefficient (Wildman–Crippen LogP) is 0.814. The molecule has 1 fully saturated rings. The summed E-state index contributed by atoms with van der Waals surface area (Å²) >= 11 is 0. The Morgan fingerprint density at radius 1 is 1.00 bits per heavy atom. The topological polar surface area (TPSA) is 124 Å². The van der Waals surface area contributed by atoms with Gasteiger partial charge in [0.25, 0.3) is 5.91 Å². The Morgan fingerprint density at radius 3 is 2.19 bits per heavy atom. The van der Waals surface area contributed by atoms with Crippen LogP contribution < -0.4 is 0 Å². The van der Waals surface area contributed by atoms with Crippen molar-refractivity contribution in [3.05, 3.63) is 41.2 Å². The first kappa shape index (κ1) is 23.4. The number of sulfonamides is 2. The van der Waals surface area contributed by atoms with Crippen molar-refractivity contribution < 1.29 is 21.6 Å². The molecule has 0 bridgehead atoms. The molecule has 1 aromatic carbocycles. The number of H-pyrrole nitrogens is 1. The van der Waals surface area contributed by atoms with Crippen molar-refractivity contribution in [1.29, 1.82) is 0 Å². The van der Waals surface area contributed by atoms with Gasteiger partial charge in [0.2, 0.25) is 20.0 Å². The SMILES string of the molecule is Cc1n[nH]c(C)c1S(=O)(=O)N1CCCN(C(=O)c2ccc(S(=O)(=O)N(C)C)cc2)CC1. The van der Waals surface area contributed by atoms with Gasteiger partial charge in [-0.3, -0.25) is 9.89 Å². The van der Waals surface area contributed by atoms with Crippen LogP contribution in [-0.2, 0) is 20.0 Å². The van der Waals surface area contributed by atoms with E-state index in [0.717, 1.165) is 4.31 Å². The molecule has 2 aromatic rings. The highest BCUT2D eigenvalue weighted by Crippen LogP contribution is 2.23. The Balaban J connectivity index is 1.74. The lowest BCUT2D eigenvalue weighted by Gasteiger charge is -2.22. The number of carbonyl (C=O) groups is 1. The van der Waals surface area contributed by atoms with Gasteiger partial charge in [0.1, 0.15) is 4.90 Å². The lowest BCUT2D eigenvalue weighted by molar-refractivity contribution is 0.0764. The van der Waals surface area contributed by atoms with Crippen molar-refractivity contribution in [2.45, 2.75) is 30.1 Å². The number of hydrogen-bond acceptors (Lipinski definition) is 6. The Morgan fingerprint density at radius 2 is 1.65 bits per heavy atom. The molecule has 1 amide bonds. The monoisotopic (exact) mass is 469 g/mol. The molecule has 0 spiro atoms. The molecule has 0 aliphatic carbocycles. The van der Waals surface area contributed by atoms with E-state index in [4.69, 9.17) is 0 Å². The van der Waals surface area contributed by atoms with Crippen molar-refractivity contribution in [3.8, 4) is 0 Å². The first-order valence-electron chi connectivity index (χ1n) is 9.80. The summed E-state index contributed by atoms with van der Waals surface area (Å²) in [5, 5.41) is 6.68. The zero-order chi connectivity index (χ0) is 23.0. The molecule has 1 saturated heterocycles. The van der Waals surface area contributed by atoms with E-state index in [9.17, 15) is 21.6 Å². The van der Waals surface area contributed by atoms with Crippen molar-refractivity contribution >= 4 is 26.0 Å². The molecule has 0 unspecified atom stereocenters. The van der Waals surface area contributed by atoms with E-state index in [1.807, 2.05) is 0 Å². The second kappa shape index (κ2) is 8.69. The van der Waals surface area contributed by atoms with Crippen LogP contribution in [0.1, 0.15) is 28.2 Å². The molecule has 3 rings (SSSR count). The maximum Gasteiger partial charge on any atom is 0.253 e. The fourth-order valence-corrected chi connectivity index (χ4v) is 6.25. The van der Waals surface area contributed by atoms with Gasteiger partial charge in [-0.1, -0.05) is 0 Å². The van der Waals surface area contributed by atoms with Gasteiger partial charge >= 0.3 is 0 Å². The summed E-state index contributed by atoms with van der Waals surface area (Å²) < 4.78 is 53.0. The average molecular weight is 470 g/mol. The van der Waals surface area contributed by atoms with Crippen LogP contribution in [0.4, 0.5) is 0 Å². The van der Waals surface area contributed by atoms with Crippen LogP contribution in [0.25, 0.3) is 0 Å². The second-order valence-corrected chi connectivity index (χ2v) is 11.7. The molecule has 12 heteroatoms. The highest BCUT2D eigenvalue weighted by Gasteiger charge is 2.32. The van der Waals surface area contributed by atoms with Crippen LogP contribution in [0.3, 0.4) is 0 Å². The summed E-state index contributed by atoms with van der Waals surface area (Å²) in [4.78, 5) is 14.8. The number of rotatable bonds is 5. The molecule has 1 aliphatic heterocycles. The maximum atomic E-state index is 13.1. The Kier molecular flexibility index (Phi) is 6.56. The first-order chi connectivity index (χ1) is 14.5. The van der Waals surface area contributed by atoms with Crippen LogP contribution in [0.2, 0.25) is 0 Å². The molecule has 1 aromatic heterocycles. The summed E-state index contributed by atoms with van der Waals surface area (Å²) in [6.45, 7) is 4.43. The van der Waals surface area contributed by atoms with Crippen LogP contribution in [0.15, 0.2) is 34.1 Å². The molecule has 0 atom stereocenters. The molecule has 1 N–H and O–H groups in total. The average Bonchev–Trinajstić information content (AvgIpc) is 2.92. The number of amides is 1. The minimum atomic E-state index is -3.72. The molecular formula is C19H27N5O5S2. The Bertz CT molecular complexity index is 1150. The highest BCUT2D eigenvalue weighted by atomic mass is 32.2. The number of carbonyl (C=O) groups excluding carboxylic acids is 1. The number of aromatic nitrogens is 2. The van der Waals surface area contributed by atoms with Gasteiger partial charge in [-0.15, -0.1) is 0 Å². The van der Waals surface area contributed by atoms with Gasteiger partial charge in [0, 0.05) is 45.8 Å². The first-order valence-corrected chi connectivity index (χ1v) is 12.7. The number of nitrogens with zero attached hydrogens (tertiary/aromatic N) is 4. The van der Waals surface area contributed by atoms with Crippen molar-refractivity contribution in [3.63, 3.8) is 0 Å². The van der Waals surface area contributed by atoms with Crippen LogP contribution >= 0.6 is 0 Å². The molecular weight excluding hydrogens is 442 g/mol. The van der Waals surface area contributed by atoms with E-state index in [1.165, 1.54) is 42.7 Å². The lowest BCUT2D eigenvalue weighted by atomic mass is 10.2. The summed E-state index contributed by atoms with van der Waals surface area (Å²) in [5.74, 6) is -0.260. The summed E-state index contributed by atoms with van der Waals surface area (Å²) in [6, 6.07) is 5.77. The van der Waals surface area contributed by atoms with Gasteiger partial charge < -0.3 is 4.90 Å². The molecule has 0 saturated carbocycles. The van der Waals surface area contributed by atoms with Crippen molar-refractivity contribution in [2.24, 2.45) is 0 Å². The van der Waals surface area contributed by atoms with Gasteiger partial charge in [-0.25, -0.2) is 21.1 Å². The zero-order valence-corrected chi connectivity index (χ0v) is 19.6. The van der Waals surface area contributed by atoms with E-state index in [1.54, 1.807) is 18.7 Å². The summed E-state index contributed by atoms with van der Waals surface area (Å²) in [5.41, 5.74) is 1.26. The van der Waals surface area contributed by atoms with E-state index in [2.05, 4.69) is 10.2 Å². The standard InChI is InChI=1S/C19H27N5O5S2/c1-14-18(15(2)21-20-14)31(28,29)24-11-5-10-23(12-13-24)19(25)16-6-8-17(9-7-16)30(26,27)22(3)4/h6-9H,5,10-13H2,1-4H3,(H,20,21). The number of aryl methyl sites for hydroxylation is 2. The van der Waals surface area contributed by atoms with E-state index >= 15 is 0 Å². The number of benzene rings is 1. The largest absolute Gasteiger partial charge is 0.337 e. The lowest BCUT2D eigenvalue weighted by Crippen LogP contribution is -2.37. The van der Waals surface area contributed by atoms with Crippen LogP contribution in [-0.4, -0.2) is 86.7 Å². The maximum absolute atomic E-state index is 13.1. The van der Waals surface area contributed by atoms with Crippen molar-refractivity contribution in [1.82, 2.24) is 23.7 Å². The van der Waals surface area contributed by atoms with E-state index < -0.39 is 20.0 Å². The van der Waals surface area contributed by atoms with Gasteiger partial charge in [-0.2, -0.15) is 9.40 Å². The quantitative estimate of drug-likeness (QED) is 0.691. The van der Waals surface area contributed by atoms with E-state index in [-0.39, 0.29) is 28.8 Å². The fourth-order valence-electron chi connectivity index (χ4n) is 3.55. The van der Waals surface area contributed by atoms with Gasteiger partial charge in [-0.05, 0) is 44.5 Å². The molecule has 1 aliphatic rings. The minimum absolute atomic E-state index is 0.105. The zero-order valence-electron chi connectivity index (χ0n) is 18.0. The van der Waals surface area contributed by atoms with Gasteiger partial charge in [0.15, 0.2) is 0 Å². The number of hydrogen-bond donors (Lipinski definition) is 1. The number of aromatic amines is 1. The Labute approximate surface area is 182 Å². The molecule has 2 heterocycles. The Hall–Kier alpha value is -2.28. The third-order valence-corrected chi connectivity index (χ3v) is 9.27. The second-order valence-electron chi connectivity index (χ2n) is 7.62. The third kappa shape index (κ3) is 4.52. The minimum Gasteiger partial charge on any atom is -0.337 e. The van der Waals surface area contributed by atoms with Gasteiger partial charge in [0.05, 0.1) is 16.3 Å². The molecule has 0 radical (unpaired) electrons. The molecule has 10 nitrogen and oxygen atoms in total. The smallest absolute Gasteiger partial charge is 0.253 e. The molecule has 170 valence electrons. The van der Waals surface area contributed by atoms with E-state index in [0.29, 0.717) is 36.5 Å². The predicted molar refractivity (Wildman–Crippen MR) is 115 cm³/mol. The van der Waals surface area contributed by atoms with Crippen LogP contribution in [0, 0.1) is 13.8 Å². The summed E-state index contributed by atoms with van der Waals surface area (Å²) in [6.07, 6.45) is 0.494. The normalized spacial score (nSPS) is 16.5.